The van der Waals surface area contributed by atoms with Gasteiger partial charge in [-0.15, -0.1) is 0 Å². The van der Waals surface area contributed by atoms with Gasteiger partial charge in [0.05, 0.1) is 12.7 Å². The van der Waals surface area contributed by atoms with Gasteiger partial charge in [0.2, 0.25) is 0 Å². The van der Waals surface area contributed by atoms with Crippen LogP contribution in [0.5, 0.6) is 0 Å². The van der Waals surface area contributed by atoms with Crippen LogP contribution in [0.25, 0.3) is 0 Å². The number of benzene rings is 1. The summed E-state index contributed by atoms with van der Waals surface area (Å²) in [5, 5.41) is 3.55. The van der Waals surface area contributed by atoms with Gasteiger partial charge in [-0.25, -0.2) is 8.78 Å². The van der Waals surface area contributed by atoms with E-state index in [0.29, 0.717) is 24.3 Å². The number of hydrogen-bond acceptors (Lipinski definition) is 2. The van der Waals surface area contributed by atoms with Crippen molar-refractivity contribution < 1.29 is 13.5 Å². The number of morpholine rings is 1. The molecule has 2 aliphatic rings. The lowest BCUT2D eigenvalue weighted by Crippen LogP contribution is -2.56. The van der Waals surface area contributed by atoms with Crippen molar-refractivity contribution in [3.8, 4) is 0 Å². The van der Waals surface area contributed by atoms with Crippen LogP contribution < -0.4 is 5.32 Å². The van der Waals surface area contributed by atoms with Crippen molar-refractivity contribution in [2.75, 3.05) is 13.2 Å². The fraction of sp³-hybridized carbons (Fsp3) is 0.647. The van der Waals surface area contributed by atoms with E-state index in [-0.39, 0.29) is 17.2 Å². The van der Waals surface area contributed by atoms with E-state index in [1.54, 1.807) is 6.92 Å². The predicted molar refractivity (Wildman–Crippen MR) is 78.2 cm³/mol. The summed E-state index contributed by atoms with van der Waals surface area (Å²) in [7, 11) is 0. The Kier molecular flexibility index (Phi) is 4.02. The number of hydrogen-bond donors (Lipinski definition) is 1. The number of nitrogens with one attached hydrogen (secondary N) is 1. The molecule has 0 aromatic heterocycles. The monoisotopic (exact) mass is 295 g/mol. The maximum atomic E-state index is 14.0. The first-order chi connectivity index (χ1) is 9.99. The minimum absolute atomic E-state index is 0.0444. The molecule has 1 aliphatic heterocycles. The highest BCUT2D eigenvalue weighted by Gasteiger charge is 2.39. The Bertz CT molecular complexity index is 514. The van der Waals surface area contributed by atoms with Crippen molar-refractivity contribution in [1.29, 1.82) is 0 Å². The predicted octanol–water partition coefficient (Wildman–Crippen LogP) is 3.88. The van der Waals surface area contributed by atoms with E-state index < -0.39 is 6.10 Å². The van der Waals surface area contributed by atoms with Crippen LogP contribution in [-0.2, 0) is 4.74 Å². The van der Waals surface area contributed by atoms with Crippen molar-refractivity contribution in [3.05, 3.63) is 34.9 Å². The maximum absolute atomic E-state index is 14.0. The molecular formula is C17H23F2NO. The van der Waals surface area contributed by atoms with Gasteiger partial charge in [-0.3, -0.25) is 0 Å². The van der Waals surface area contributed by atoms with Gasteiger partial charge in [0.1, 0.15) is 11.6 Å². The summed E-state index contributed by atoms with van der Waals surface area (Å²) in [6.07, 6.45) is 4.21. The Morgan fingerprint density at radius 3 is 2.52 bits per heavy atom. The summed E-state index contributed by atoms with van der Waals surface area (Å²) in [6.45, 7) is 4.98. The Balaban J connectivity index is 1.70. The summed E-state index contributed by atoms with van der Waals surface area (Å²) in [5.41, 5.74) is 0.699. The first-order valence-electron chi connectivity index (χ1n) is 7.81. The lowest BCUT2D eigenvalue weighted by Gasteiger charge is -2.45. The molecule has 2 nitrogen and oxygen atoms in total. The normalized spacial score (nSPS) is 33.3. The van der Waals surface area contributed by atoms with Gasteiger partial charge in [0, 0.05) is 17.6 Å². The van der Waals surface area contributed by atoms with Crippen LogP contribution in [-0.4, -0.2) is 18.7 Å². The fourth-order valence-corrected chi connectivity index (χ4v) is 3.42. The van der Waals surface area contributed by atoms with Crippen LogP contribution in [0.1, 0.15) is 49.8 Å². The molecule has 1 unspecified atom stereocenters. The summed E-state index contributed by atoms with van der Waals surface area (Å²) in [5.74, 6) is 0.0227. The molecule has 1 aliphatic carbocycles. The Morgan fingerprint density at radius 1 is 1.19 bits per heavy atom. The quantitative estimate of drug-likeness (QED) is 0.849. The molecule has 1 aromatic rings. The molecule has 1 N–H and O–H groups in total. The summed E-state index contributed by atoms with van der Waals surface area (Å²) >= 11 is 0. The molecule has 1 heterocycles. The van der Waals surface area contributed by atoms with E-state index >= 15 is 0 Å². The molecule has 116 valence electrons. The molecule has 1 saturated carbocycles. The number of rotatable bonds is 1. The molecule has 1 saturated heterocycles. The third kappa shape index (κ3) is 2.97. The molecule has 1 spiro atoms. The van der Waals surface area contributed by atoms with E-state index in [2.05, 4.69) is 12.2 Å². The Hall–Kier alpha value is -1.00. The zero-order valence-corrected chi connectivity index (χ0v) is 12.7. The molecule has 0 bridgehead atoms. The van der Waals surface area contributed by atoms with E-state index in [1.165, 1.54) is 25.0 Å². The van der Waals surface area contributed by atoms with Gasteiger partial charge >= 0.3 is 0 Å². The van der Waals surface area contributed by atoms with Gasteiger partial charge in [0.15, 0.2) is 0 Å². The van der Waals surface area contributed by atoms with E-state index in [4.69, 9.17) is 4.74 Å². The summed E-state index contributed by atoms with van der Waals surface area (Å²) in [4.78, 5) is 0. The third-order valence-corrected chi connectivity index (χ3v) is 5.08. The average molecular weight is 295 g/mol. The van der Waals surface area contributed by atoms with Crippen molar-refractivity contribution in [2.45, 2.75) is 51.2 Å². The van der Waals surface area contributed by atoms with Crippen LogP contribution in [0.4, 0.5) is 8.78 Å². The van der Waals surface area contributed by atoms with Gasteiger partial charge < -0.3 is 10.1 Å². The Labute approximate surface area is 124 Å². The second-order valence-corrected chi connectivity index (χ2v) is 6.77. The van der Waals surface area contributed by atoms with Crippen LogP contribution in [0.3, 0.4) is 0 Å². The maximum Gasteiger partial charge on any atom is 0.129 e. The minimum Gasteiger partial charge on any atom is -0.370 e. The van der Waals surface area contributed by atoms with Crippen molar-refractivity contribution in [3.63, 3.8) is 0 Å². The highest BCUT2D eigenvalue weighted by molar-refractivity contribution is 5.27. The van der Waals surface area contributed by atoms with Crippen LogP contribution in [0, 0.1) is 24.5 Å². The molecule has 3 rings (SSSR count). The molecule has 4 heteroatoms. The van der Waals surface area contributed by atoms with Gasteiger partial charge in [-0.2, -0.15) is 0 Å². The molecule has 21 heavy (non-hydrogen) atoms. The minimum atomic E-state index is -0.398. The molecule has 1 atom stereocenters. The van der Waals surface area contributed by atoms with E-state index in [9.17, 15) is 8.78 Å². The Morgan fingerprint density at radius 2 is 1.90 bits per heavy atom. The topological polar surface area (TPSA) is 21.3 Å². The molecule has 0 radical (unpaired) electrons. The standard InChI is InChI=1S/C17H23F2NO/c1-11-3-5-17(6-4-11)10-21-16(9-20-17)13-8-14(18)12(2)7-15(13)19/h7-8,11,16,20H,3-6,9-10H2,1-2H3. The average Bonchev–Trinajstić information content (AvgIpc) is 2.47. The molecule has 1 aromatic carbocycles. The SMILES string of the molecule is Cc1cc(F)c(C2CNC3(CCC(C)CC3)CO2)cc1F. The van der Waals surface area contributed by atoms with Crippen LogP contribution >= 0.6 is 0 Å². The van der Waals surface area contributed by atoms with Crippen molar-refractivity contribution in [1.82, 2.24) is 5.32 Å². The summed E-state index contributed by atoms with van der Waals surface area (Å²) in [6, 6.07) is 2.53. The first kappa shape index (κ1) is 14.9. The lowest BCUT2D eigenvalue weighted by molar-refractivity contribution is -0.0517. The van der Waals surface area contributed by atoms with Gasteiger partial charge in [0.25, 0.3) is 0 Å². The number of halogens is 2. The summed E-state index contributed by atoms with van der Waals surface area (Å²) < 4.78 is 33.6. The fourth-order valence-electron chi connectivity index (χ4n) is 3.42. The molecular weight excluding hydrogens is 272 g/mol. The first-order valence-corrected chi connectivity index (χ1v) is 7.81. The smallest absolute Gasteiger partial charge is 0.129 e. The largest absolute Gasteiger partial charge is 0.370 e. The third-order valence-electron chi connectivity index (χ3n) is 5.08. The van der Waals surface area contributed by atoms with Crippen LogP contribution in [0.2, 0.25) is 0 Å². The number of ether oxygens (including phenoxy) is 1. The second kappa shape index (κ2) is 5.65. The lowest BCUT2D eigenvalue weighted by atomic mass is 9.77. The molecule has 0 amide bonds. The van der Waals surface area contributed by atoms with Crippen molar-refractivity contribution >= 4 is 0 Å². The zero-order chi connectivity index (χ0) is 15.0. The second-order valence-electron chi connectivity index (χ2n) is 6.77. The number of aryl methyl sites for hydroxylation is 1. The highest BCUT2D eigenvalue weighted by atomic mass is 19.1. The van der Waals surface area contributed by atoms with Crippen LogP contribution in [0.15, 0.2) is 12.1 Å². The van der Waals surface area contributed by atoms with E-state index in [0.717, 1.165) is 18.8 Å². The van der Waals surface area contributed by atoms with Gasteiger partial charge in [-0.05, 0) is 56.2 Å². The van der Waals surface area contributed by atoms with Crippen molar-refractivity contribution in [2.24, 2.45) is 5.92 Å². The highest BCUT2D eigenvalue weighted by Crippen LogP contribution is 2.36. The van der Waals surface area contributed by atoms with Gasteiger partial charge in [-0.1, -0.05) is 6.92 Å². The van der Waals surface area contributed by atoms with E-state index in [1.807, 2.05) is 0 Å². The zero-order valence-electron chi connectivity index (χ0n) is 12.7. The molecule has 2 fully saturated rings.